The summed E-state index contributed by atoms with van der Waals surface area (Å²) in [6, 6.07) is 6.17. The van der Waals surface area contributed by atoms with Gasteiger partial charge in [-0.2, -0.15) is 0 Å². The van der Waals surface area contributed by atoms with Crippen molar-refractivity contribution in [3.05, 3.63) is 29.8 Å². The molecule has 0 spiro atoms. The van der Waals surface area contributed by atoms with E-state index in [2.05, 4.69) is 6.92 Å². The number of phenolic OH excluding ortho intramolecular Hbond substituents is 1. The first-order valence-electron chi connectivity index (χ1n) is 5.44. The van der Waals surface area contributed by atoms with Crippen molar-refractivity contribution < 1.29 is 14.6 Å². The Morgan fingerprint density at radius 3 is 2.82 bits per heavy atom. The number of ether oxygens (including phenoxy) is 1. The van der Waals surface area contributed by atoms with E-state index in [1.165, 1.54) is 12.1 Å². The van der Waals surface area contributed by atoms with Gasteiger partial charge in [0.15, 0.2) is 0 Å². The van der Waals surface area contributed by atoms with Crippen LogP contribution in [-0.2, 0) is 4.74 Å². The van der Waals surface area contributed by atoms with Gasteiger partial charge in [0.2, 0.25) is 0 Å². The van der Waals surface area contributed by atoms with Crippen molar-refractivity contribution in [2.24, 2.45) is 0 Å². The van der Waals surface area contributed by atoms with Crippen LogP contribution in [0.25, 0.3) is 0 Å². The van der Waals surface area contributed by atoms with Crippen molar-refractivity contribution in [1.29, 1.82) is 0 Å². The Labute approximate surface area is 109 Å². The van der Waals surface area contributed by atoms with E-state index in [9.17, 15) is 9.90 Å². The van der Waals surface area contributed by atoms with E-state index >= 15 is 0 Å². The fourth-order valence-corrected chi connectivity index (χ4v) is 3.05. The minimum absolute atomic E-state index is 0.0762. The molecule has 0 atom stereocenters. The molecule has 0 aliphatic carbocycles. The van der Waals surface area contributed by atoms with Gasteiger partial charge in [-0.3, -0.25) is 0 Å². The molecule has 0 amide bonds. The number of hydrogen-bond acceptors (Lipinski definition) is 5. The highest BCUT2D eigenvalue weighted by molar-refractivity contribution is 8.76. The van der Waals surface area contributed by atoms with Gasteiger partial charge < -0.3 is 9.84 Å². The topological polar surface area (TPSA) is 46.5 Å². The second-order valence-electron chi connectivity index (χ2n) is 3.33. The Morgan fingerprint density at radius 1 is 1.35 bits per heavy atom. The smallest absolute Gasteiger partial charge is 0.338 e. The molecule has 0 radical (unpaired) electrons. The number of esters is 1. The second kappa shape index (κ2) is 8.31. The maximum absolute atomic E-state index is 11.5. The molecule has 17 heavy (non-hydrogen) atoms. The van der Waals surface area contributed by atoms with Crippen molar-refractivity contribution in [2.75, 3.05) is 18.1 Å². The van der Waals surface area contributed by atoms with Crippen LogP contribution in [0.5, 0.6) is 5.75 Å². The Morgan fingerprint density at radius 2 is 2.12 bits per heavy atom. The fraction of sp³-hybridized carbons (Fsp3) is 0.417. The maximum Gasteiger partial charge on any atom is 0.338 e. The zero-order valence-electron chi connectivity index (χ0n) is 9.72. The Hall–Kier alpha value is -0.810. The first kappa shape index (κ1) is 14.3. The highest BCUT2D eigenvalue weighted by Gasteiger charge is 2.06. The van der Waals surface area contributed by atoms with Crippen LogP contribution in [0.3, 0.4) is 0 Å². The highest BCUT2D eigenvalue weighted by atomic mass is 33.1. The summed E-state index contributed by atoms with van der Waals surface area (Å²) in [4.78, 5) is 11.5. The fourth-order valence-electron chi connectivity index (χ4n) is 1.09. The highest BCUT2D eigenvalue weighted by Crippen LogP contribution is 2.21. The number of aromatic hydroxyl groups is 1. The van der Waals surface area contributed by atoms with Gasteiger partial charge in [0.1, 0.15) is 12.4 Å². The summed E-state index contributed by atoms with van der Waals surface area (Å²) in [5, 5.41) is 9.22. The van der Waals surface area contributed by atoms with Gasteiger partial charge in [0, 0.05) is 11.5 Å². The molecule has 0 aliphatic rings. The molecule has 0 saturated heterocycles. The predicted octanol–water partition coefficient (Wildman–Crippen LogP) is 3.34. The van der Waals surface area contributed by atoms with Gasteiger partial charge >= 0.3 is 5.97 Å². The molecule has 1 N–H and O–H groups in total. The third-order valence-corrected chi connectivity index (χ3v) is 4.43. The largest absolute Gasteiger partial charge is 0.508 e. The molecule has 0 heterocycles. The quantitative estimate of drug-likeness (QED) is 0.468. The van der Waals surface area contributed by atoms with Crippen molar-refractivity contribution in [3.63, 3.8) is 0 Å². The molecule has 94 valence electrons. The van der Waals surface area contributed by atoms with Crippen molar-refractivity contribution >= 4 is 27.6 Å². The Balaban J connectivity index is 2.21. The molecule has 0 unspecified atom stereocenters. The summed E-state index contributed by atoms with van der Waals surface area (Å²) in [6.45, 7) is 2.53. The van der Waals surface area contributed by atoms with Crippen LogP contribution < -0.4 is 0 Å². The van der Waals surface area contributed by atoms with E-state index in [0.29, 0.717) is 12.2 Å². The lowest BCUT2D eigenvalue weighted by atomic mass is 10.2. The summed E-state index contributed by atoms with van der Waals surface area (Å²) < 4.78 is 5.08. The zero-order chi connectivity index (χ0) is 12.5. The van der Waals surface area contributed by atoms with Gasteiger partial charge in [-0.25, -0.2) is 4.79 Å². The lowest BCUT2D eigenvalue weighted by Crippen LogP contribution is -2.07. The first-order chi connectivity index (χ1) is 8.24. The number of phenols is 1. The van der Waals surface area contributed by atoms with E-state index in [4.69, 9.17) is 4.74 Å². The molecule has 0 aromatic heterocycles. The summed E-state index contributed by atoms with van der Waals surface area (Å²) in [7, 11) is 3.50. The molecular formula is C12H16O3S2. The lowest BCUT2D eigenvalue weighted by molar-refractivity contribution is 0.0530. The van der Waals surface area contributed by atoms with Crippen LogP contribution in [-0.4, -0.2) is 29.2 Å². The van der Waals surface area contributed by atoms with E-state index in [1.807, 2.05) is 0 Å². The lowest BCUT2D eigenvalue weighted by Gasteiger charge is -2.04. The van der Waals surface area contributed by atoms with Crippen LogP contribution in [0, 0.1) is 0 Å². The monoisotopic (exact) mass is 272 g/mol. The number of carbonyl (C=O) groups is 1. The molecule has 1 aromatic carbocycles. The average Bonchev–Trinajstić information content (AvgIpc) is 2.33. The van der Waals surface area contributed by atoms with Gasteiger partial charge in [-0.15, -0.1) is 0 Å². The van der Waals surface area contributed by atoms with E-state index < -0.39 is 0 Å². The zero-order valence-corrected chi connectivity index (χ0v) is 11.4. The minimum Gasteiger partial charge on any atom is -0.508 e. The van der Waals surface area contributed by atoms with E-state index in [0.717, 1.165) is 17.9 Å². The predicted molar refractivity (Wildman–Crippen MR) is 73.6 cm³/mol. The van der Waals surface area contributed by atoms with Crippen LogP contribution in [0.4, 0.5) is 0 Å². The number of benzene rings is 1. The summed E-state index contributed by atoms with van der Waals surface area (Å²) >= 11 is 0. The Kier molecular flexibility index (Phi) is 6.96. The molecule has 3 nitrogen and oxygen atoms in total. The second-order valence-corrected chi connectivity index (χ2v) is 6.03. The van der Waals surface area contributed by atoms with Gasteiger partial charge in [0.25, 0.3) is 0 Å². The molecule has 0 aliphatic heterocycles. The van der Waals surface area contributed by atoms with Crippen LogP contribution in [0.15, 0.2) is 24.3 Å². The van der Waals surface area contributed by atoms with Crippen LogP contribution in [0.2, 0.25) is 0 Å². The van der Waals surface area contributed by atoms with Crippen LogP contribution in [0.1, 0.15) is 23.7 Å². The van der Waals surface area contributed by atoms with Crippen molar-refractivity contribution in [1.82, 2.24) is 0 Å². The van der Waals surface area contributed by atoms with E-state index in [-0.39, 0.29) is 11.7 Å². The summed E-state index contributed by atoms with van der Waals surface area (Å²) in [5.41, 5.74) is 0.385. The maximum atomic E-state index is 11.5. The molecule has 5 heteroatoms. The molecule has 1 rings (SSSR count). The van der Waals surface area contributed by atoms with Crippen LogP contribution >= 0.6 is 21.6 Å². The molecule has 0 bridgehead atoms. The van der Waals surface area contributed by atoms with Gasteiger partial charge in [-0.1, -0.05) is 34.6 Å². The Bertz CT molecular complexity index is 355. The SMILES string of the molecule is CCCSSCCOC(=O)c1cccc(O)c1. The van der Waals surface area contributed by atoms with Gasteiger partial charge in [-0.05, 0) is 24.6 Å². The summed E-state index contributed by atoms with van der Waals surface area (Å²) in [6.07, 6.45) is 1.15. The molecular weight excluding hydrogens is 256 g/mol. The van der Waals surface area contributed by atoms with Crippen molar-refractivity contribution in [3.8, 4) is 5.75 Å². The van der Waals surface area contributed by atoms with Crippen molar-refractivity contribution in [2.45, 2.75) is 13.3 Å². The standard InChI is InChI=1S/C12H16O3S2/c1-2-7-16-17-8-6-15-12(14)10-4-3-5-11(13)9-10/h3-5,9,13H,2,6-8H2,1H3. The number of rotatable bonds is 7. The molecule has 1 aromatic rings. The third kappa shape index (κ3) is 5.89. The third-order valence-electron chi connectivity index (χ3n) is 1.85. The molecule has 0 fully saturated rings. The average molecular weight is 272 g/mol. The summed E-state index contributed by atoms with van der Waals surface area (Å²) in [5.74, 6) is 1.59. The minimum atomic E-state index is -0.387. The van der Waals surface area contributed by atoms with E-state index in [1.54, 1.807) is 33.7 Å². The normalized spacial score (nSPS) is 10.2. The molecule has 0 saturated carbocycles. The van der Waals surface area contributed by atoms with Gasteiger partial charge in [0.05, 0.1) is 5.56 Å². The number of hydrogen-bond donors (Lipinski definition) is 1. The number of carbonyl (C=O) groups excluding carboxylic acids is 1. The first-order valence-corrected chi connectivity index (χ1v) is 7.93.